The van der Waals surface area contributed by atoms with Gasteiger partial charge in [0.25, 0.3) is 0 Å². The molecule has 1 aromatic rings. The van der Waals surface area contributed by atoms with Crippen LogP contribution in [0.3, 0.4) is 0 Å². The van der Waals surface area contributed by atoms with E-state index in [1.54, 1.807) is 0 Å². The molecule has 0 bridgehead atoms. The van der Waals surface area contributed by atoms with Crippen molar-refractivity contribution in [2.24, 2.45) is 5.92 Å². The number of nitrogens with one attached hydrogen (secondary N) is 1. The standard InChI is InChI=1S/C14H18BrClN2O.2ClH/c15-10-3-4-11(16)12(14(10)19)13(9-1-2-9)18-7-5-17-6-8-18;;/h3-4,9,13,17,19H,1-2,5-8H2;2*1H/t13-;;/m0../s1. The van der Waals surface area contributed by atoms with Crippen LogP contribution in [-0.2, 0) is 0 Å². The summed E-state index contributed by atoms with van der Waals surface area (Å²) in [7, 11) is 0. The Kier molecular flexibility index (Phi) is 7.58. The van der Waals surface area contributed by atoms with E-state index in [-0.39, 0.29) is 30.9 Å². The van der Waals surface area contributed by atoms with E-state index in [1.165, 1.54) is 12.8 Å². The molecular weight excluding hydrogens is 398 g/mol. The topological polar surface area (TPSA) is 35.5 Å². The third-order valence-electron chi connectivity index (χ3n) is 4.02. The van der Waals surface area contributed by atoms with Gasteiger partial charge in [-0.05, 0) is 46.8 Å². The van der Waals surface area contributed by atoms with Gasteiger partial charge in [0.15, 0.2) is 0 Å². The van der Waals surface area contributed by atoms with Crippen molar-refractivity contribution in [2.45, 2.75) is 18.9 Å². The van der Waals surface area contributed by atoms with E-state index in [2.05, 4.69) is 26.1 Å². The summed E-state index contributed by atoms with van der Waals surface area (Å²) in [5.74, 6) is 0.943. The summed E-state index contributed by atoms with van der Waals surface area (Å²) in [5.41, 5.74) is 0.903. The Balaban J connectivity index is 0.00000110. The summed E-state index contributed by atoms with van der Waals surface area (Å²) >= 11 is 9.77. The summed E-state index contributed by atoms with van der Waals surface area (Å²) in [6.45, 7) is 4.05. The number of nitrogens with zero attached hydrogens (tertiary/aromatic N) is 1. The number of phenolic OH excluding ortho intramolecular Hbond substituents is 1. The number of halogens is 4. The SMILES string of the molecule is Cl.Cl.Oc1c(Br)ccc(Cl)c1[C@H](C1CC1)N1CCNCC1. The number of hydrogen-bond acceptors (Lipinski definition) is 3. The second kappa shape index (κ2) is 8.23. The monoisotopic (exact) mass is 416 g/mol. The van der Waals surface area contributed by atoms with Gasteiger partial charge < -0.3 is 10.4 Å². The third kappa shape index (κ3) is 4.18. The molecule has 1 saturated heterocycles. The third-order valence-corrected chi connectivity index (χ3v) is 4.99. The van der Waals surface area contributed by atoms with Crippen LogP contribution in [-0.4, -0.2) is 36.2 Å². The molecule has 3 nitrogen and oxygen atoms in total. The summed E-state index contributed by atoms with van der Waals surface area (Å²) < 4.78 is 0.729. The molecule has 120 valence electrons. The van der Waals surface area contributed by atoms with Gasteiger partial charge in [0.2, 0.25) is 0 Å². The summed E-state index contributed by atoms with van der Waals surface area (Å²) in [6, 6.07) is 3.94. The number of phenols is 1. The van der Waals surface area contributed by atoms with E-state index in [1.807, 2.05) is 12.1 Å². The lowest BCUT2D eigenvalue weighted by Gasteiger charge is -2.36. The van der Waals surface area contributed by atoms with E-state index in [0.29, 0.717) is 16.7 Å². The van der Waals surface area contributed by atoms with E-state index in [9.17, 15) is 5.11 Å². The zero-order chi connectivity index (χ0) is 13.4. The molecule has 1 heterocycles. The van der Waals surface area contributed by atoms with Gasteiger partial charge in [0.1, 0.15) is 5.75 Å². The first kappa shape index (κ1) is 19.3. The van der Waals surface area contributed by atoms with Crippen molar-refractivity contribution in [1.82, 2.24) is 10.2 Å². The molecule has 2 fully saturated rings. The maximum Gasteiger partial charge on any atom is 0.136 e. The Bertz CT molecular complexity index is 480. The minimum atomic E-state index is 0. The first-order valence-electron chi connectivity index (χ1n) is 6.80. The maximum atomic E-state index is 10.4. The van der Waals surface area contributed by atoms with E-state index >= 15 is 0 Å². The van der Waals surface area contributed by atoms with Gasteiger partial charge in [-0.1, -0.05) is 11.6 Å². The fourth-order valence-electron chi connectivity index (χ4n) is 2.93. The zero-order valence-corrected chi connectivity index (χ0v) is 15.5. The predicted molar refractivity (Wildman–Crippen MR) is 95.2 cm³/mol. The molecule has 3 rings (SSSR count). The normalized spacial score (nSPS) is 20.3. The first-order valence-corrected chi connectivity index (χ1v) is 7.97. The van der Waals surface area contributed by atoms with Crippen molar-refractivity contribution >= 4 is 52.3 Å². The quantitative estimate of drug-likeness (QED) is 0.779. The lowest BCUT2D eigenvalue weighted by molar-refractivity contribution is 0.153. The molecule has 0 unspecified atom stereocenters. The molecule has 0 aromatic heterocycles. The predicted octanol–water partition coefficient (Wildman–Crippen LogP) is 4.01. The Labute approximate surface area is 151 Å². The second-order valence-corrected chi connectivity index (χ2v) is 6.62. The van der Waals surface area contributed by atoms with Crippen molar-refractivity contribution in [3.63, 3.8) is 0 Å². The van der Waals surface area contributed by atoms with Gasteiger partial charge in [0.05, 0.1) is 4.47 Å². The molecular formula is C14H20BrCl3N2O. The van der Waals surface area contributed by atoms with Gasteiger partial charge in [0, 0.05) is 42.8 Å². The molecule has 0 amide bonds. The van der Waals surface area contributed by atoms with Gasteiger partial charge in [-0.25, -0.2) is 0 Å². The largest absolute Gasteiger partial charge is 0.506 e. The van der Waals surface area contributed by atoms with Crippen LogP contribution >= 0.6 is 52.3 Å². The van der Waals surface area contributed by atoms with Crippen LogP contribution in [0.1, 0.15) is 24.4 Å². The molecule has 2 aliphatic rings. The summed E-state index contributed by atoms with van der Waals surface area (Å²) in [4.78, 5) is 2.46. The number of aromatic hydroxyl groups is 1. The molecule has 1 aromatic carbocycles. The molecule has 0 radical (unpaired) electrons. The van der Waals surface area contributed by atoms with Crippen LogP contribution in [0.15, 0.2) is 16.6 Å². The Morgan fingerprint density at radius 3 is 2.43 bits per heavy atom. The van der Waals surface area contributed by atoms with Gasteiger partial charge >= 0.3 is 0 Å². The summed E-state index contributed by atoms with van der Waals surface area (Å²) in [5, 5.41) is 14.4. The molecule has 0 spiro atoms. The van der Waals surface area contributed by atoms with Gasteiger partial charge in [-0.3, -0.25) is 4.90 Å². The van der Waals surface area contributed by atoms with Crippen molar-refractivity contribution < 1.29 is 5.11 Å². The maximum absolute atomic E-state index is 10.4. The molecule has 1 aliphatic heterocycles. The highest BCUT2D eigenvalue weighted by molar-refractivity contribution is 9.10. The molecule has 1 atom stereocenters. The van der Waals surface area contributed by atoms with Crippen molar-refractivity contribution in [2.75, 3.05) is 26.2 Å². The molecule has 21 heavy (non-hydrogen) atoms. The van der Waals surface area contributed by atoms with Crippen molar-refractivity contribution in [3.8, 4) is 5.75 Å². The number of rotatable bonds is 3. The number of hydrogen-bond donors (Lipinski definition) is 2. The van der Waals surface area contributed by atoms with Crippen LogP contribution < -0.4 is 5.32 Å². The fraction of sp³-hybridized carbons (Fsp3) is 0.571. The van der Waals surface area contributed by atoms with E-state index in [4.69, 9.17) is 11.6 Å². The van der Waals surface area contributed by atoms with Gasteiger partial charge in [-0.2, -0.15) is 0 Å². The highest BCUT2D eigenvalue weighted by Crippen LogP contribution is 2.50. The minimum absolute atomic E-state index is 0. The highest BCUT2D eigenvalue weighted by Gasteiger charge is 2.39. The molecule has 1 saturated carbocycles. The molecule has 2 N–H and O–H groups in total. The first-order chi connectivity index (χ1) is 9.18. The number of benzene rings is 1. The lowest BCUT2D eigenvalue weighted by Crippen LogP contribution is -2.45. The highest BCUT2D eigenvalue weighted by atomic mass is 79.9. The molecule has 1 aliphatic carbocycles. The van der Waals surface area contributed by atoms with Crippen LogP contribution in [0.5, 0.6) is 5.75 Å². The summed E-state index contributed by atoms with van der Waals surface area (Å²) in [6.07, 6.45) is 2.47. The fourth-order valence-corrected chi connectivity index (χ4v) is 3.54. The van der Waals surface area contributed by atoms with Gasteiger partial charge in [-0.15, -0.1) is 24.8 Å². The van der Waals surface area contributed by atoms with Crippen LogP contribution in [0.2, 0.25) is 5.02 Å². The van der Waals surface area contributed by atoms with Crippen LogP contribution in [0, 0.1) is 5.92 Å². The second-order valence-electron chi connectivity index (χ2n) is 5.36. The Hall–Kier alpha value is 0.290. The van der Waals surface area contributed by atoms with Crippen molar-refractivity contribution in [1.29, 1.82) is 0 Å². The van der Waals surface area contributed by atoms with Crippen LogP contribution in [0.25, 0.3) is 0 Å². The van der Waals surface area contributed by atoms with Crippen molar-refractivity contribution in [3.05, 3.63) is 27.2 Å². The average Bonchev–Trinajstić information content (AvgIpc) is 3.24. The van der Waals surface area contributed by atoms with E-state index in [0.717, 1.165) is 36.2 Å². The lowest BCUT2D eigenvalue weighted by atomic mass is 9.98. The Morgan fingerprint density at radius 2 is 1.86 bits per heavy atom. The number of piperazine rings is 1. The smallest absolute Gasteiger partial charge is 0.136 e. The Morgan fingerprint density at radius 1 is 1.24 bits per heavy atom. The molecule has 7 heteroatoms. The zero-order valence-electron chi connectivity index (χ0n) is 11.5. The van der Waals surface area contributed by atoms with Crippen LogP contribution in [0.4, 0.5) is 0 Å². The minimum Gasteiger partial charge on any atom is -0.506 e. The average molecular weight is 419 g/mol. The van der Waals surface area contributed by atoms with E-state index < -0.39 is 0 Å².